The highest BCUT2D eigenvalue weighted by atomic mass is 35.5. The van der Waals surface area contributed by atoms with Crippen molar-refractivity contribution < 1.29 is 37.1 Å². The van der Waals surface area contributed by atoms with E-state index in [0.717, 1.165) is 35.7 Å². The van der Waals surface area contributed by atoms with Crippen molar-refractivity contribution in [2.75, 3.05) is 59.8 Å². The van der Waals surface area contributed by atoms with Crippen LogP contribution in [-0.4, -0.2) is 95.5 Å². The number of imide groups is 1. The van der Waals surface area contributed by atoms with E-state index < -0.39 is 34.8 Å². The Morgan fingerprint density at radius 2 is 1.78 bits per heavy atom. The molecule has 0 saturated carbocycles. The van der Waals surface area contributed by atoms with Crippen molar-refractivity contribution in [1.29, 1.82) is 5.26 Å². The van der Waals surface area contributed by atoms with E-state index in [-0.39, 0.29) is 59.9 Å². The number of aryl methyl sites for hydroxylation is 1. The van der Waals surface area contributed by atoms with Crippen molar-refractivity contribution in [3.05, 3.63) is 77.4 Å². The van der Waals surface area contributed by atoms with Crippen molar-refractivity contribution in [2.24, 2.45) is 0 Å². The fraction of sp³-hybridized carbons (Fsp3) is 0.415. The van der Waals surface area contributed by atoms with Gasteiger partial charge in [0.25, 0.3) is 5.91 Å². The van der Waals surface area contributed by atoms with Crippen LogP contribution in [0.1, 0.15) is 57.2 Å². The molecule has 2 unspecified atom stereocenters. The number of carbonyl (C=O) groups excluding carboxylic acids is 4. The molecule has 3 aliphatic heterocycles. The summed E-state index contributed by atoms with van der Waals surface area (Å²) in [5.74, 6) is -0.647. The number of anilines is 4. The second-order valence-electron chi connectivity index (χ2n) is 15.0. The van der Waals surface area contributed by atoms with Crippen LogP contribution in [0.5, 0.6) is 5.75 Å². The maximum atomic E-state index is 13.8. The highest BCUT2D eigenvalue weighted by Gasteiger charge is 2.51. The molecule has 0 spiro atoms. The molecule has 59 heavy (non-hydrogen) atoms. The van der Waals surface area contributed by atoms with Gasteiger partial charge < -0.3 is 20.3 Å². The topological polar surface area (TPSA) is 150 Å². The summed E-state index contributed by atoms with van der Waals surface area (Å²) in [6.45, 7) is 10.8. The summed E-state index contributed by atoms with van der Waals surface area (Å²) in [4.78, 5) is 57.4. The van der Waals surface area contributed by atoms with Crippen molar-refractivity contribution in [2.45, 2.75) is 70.8 Å². The number of piperazine rings is 1. The van der Waals surface area contributed by atoms with Gasteiger partial charge in [0.05, 0.1) is 29.4 Å². The molecule has 3 saturated heterocycles. The maximum absolute atomic E-state index is 13.8. The van der Waals surface area contributed by atoms with Crippen LogP contribution in [-0.2, 0) is 31.8 Å². The number of nitrogens with zero attached hydrogens (tertiary/aromatic N) is 5. The first-order chi connectivity index (χ1) is 27.5. The van der Waals surface area contributed by atoms with E-state index in [1.807, 2.05) is 19.1 Å². The minimum absolute atomic E-state index is 0. The van der Waals surface area contributed by atoms with Gasteiger partial charge in [-0.1, -0.05) is 13.0 Å². The van der Waals surface area contributed by atoms with Crippen LogP contribution in [0.2, 0.25) is 0 Å². The summed E-state index contributed by atoms with van der Waals surface area (Å²) in [6, 6.07) is 16.8. The van der Waals surface area contributed by atoms with Crippen molar-refractivity contribution in [3.8, 4) is 11.8 Å². The third-order valence-corrected chi connectivity index (χ3v) is 11.0. The van der Waals surface area contributed by atoms with Crippen LogP contribution in [0.25, 0.3) is 0 Å². The molecule has 314 valence electrons. The van der Waals surface area contributed by atoms with Crippen molar-refractivity contribution in [1.82, 2.24) is 15.1 Å². The zero-order valence-electron chi connectivity index (χ0n) is 33.0. The summed E-state index contributed by atoms with van der Waals surface area (Å²) in [5, 5.41) is 17.7. The SMILES string of the molecule is CCc1cc(N2C(=S)N(c3ccc(C#N)c(C(F)(F)F)c3)C(=O)C2(C)C)ccc1OCCN1CCN(CC(=O)Nc2cccc(NC3CCC(=O)NC3=O)c2)C(C)C1.Cl. The van der Waals surface area contributed by atoms with Gasteiger partial charge in [0.2, 0.25) is 17.7 Å². The van der Waals surface area contributed by atoms with Crippen molar-refractivity contribution in [3.63, 3.8) is 0 Å². The van der Waals surface area contributed by atoms with E-state index >= 15 is 0 Å². The lowest BCUT2D eigenvalue weighted by Crippen LogP contribution is -2.54. The van der Waals surface area contributed by atoms with Crippen LogP contribution in [0, 0.1) is 11.3 Å². The predicted molar refractivity (Wildman–Crippen MR) is 224 cm³/mol. The largest absolute Gasteiger partial charge is 0.492 e. The van der Waals surface area contributed by atoms with Crippen molar-refractivity contribution >= 4 is 76.1 Å². The van der Waals surface area contributed by atoms with Crippen LogP contribution in [0.15, 0.2) is 60.7 Å². The smallest absolute Gasteiger partial charge is 0.417 e. The number of hydrogen-bond acceptors (Lipinski definition) is 10. The van der Waals surface area contributed by atoms with E-state index in [1.54, 1.807) is 55.1 Å². The molecule has 13 nitrogen and oxygen atoms in total. The Kier molecular flexibility index (Phi) is 13.9. The van der Waals surface area contributed by atoms with E-state index in [9.17, 15) is 37.6 Å². The number of thiocarbonyl (C=S) groups is 1. The lowest BCUT2D eigenvalue weighted by atomic mass is 10.0. The minimum Gasteiger partial charge on any atom is -0.492 e. The molecular formula is C41H46ClF3N8O5S. The Hall–Kier alpha value is -5.28. The van der Waals surface area contributed by atoms with Crippen LogP contribution in [0.4, 0.5) is 35.9 Å². The Balaban J connectivity index is 0.00000661. The molecule has 3 aliphatic rings. The second-order valence-corrected chi connectivity index (χ2v) is 15.4. The summed E-state index contributed by atoms with van der Waals surface area (Å²) in [7, 11) is 0. The number of hydrogen-bond donors (Lipinski definition) is 3. The summed E-state index contributed by atoms with van der Waals surface area (Å²) < 4.78 is 47.6. The number of rotatable bonds is 12. The van der Waals surface area contributed by atoms with Gasteiger partial charge in [0, 0.05) is 55.7 Å². The molecule has 4 amide bonds. The average Bonchev–Trinajstić information content (AvgIpc) is 3.35. The molecule has 0 radical (unpaired) electrons. The van der Waals surface area contributed by atoms with Crippen LogP contribution < -0.4 is 30.5 Å². The predicted octanol–water partition coefficient (Wildman–Crippen LogP) is 5.72. The molecular weight excluding hydrogens is 809 g/mol. The Morgan fingerprint density at radius 3 is 2.46 bits per heavy atom. The molecule has 3 heterocycles. The first kappa shape index (κ1) is 44.8. The standard InChI is InChI=1S/C41H45F3N8O5S.ClH/c1-5-26-19-31(52-39(58)51(38(56)40(52,3)4)30-10-9-27(22-45)32(21-30)41(42,43)44)11-13-34(26)57-18-17-49-15-16-50(25(2)23-49)24-36(54)47-29-8-6-7-28(20-29)46-33-12-14-35(53)48-37(33)55;/h6-11,13,19-21,25,33,46H,5,12,14-18,23-24H2,1-4H3,(H,47,54)(H,48,53,55);1H. The number of benzene rings is 3. The van der Waals surface area contributed by atoms with Gasteiger partial charge in [-0.2, -0.15) is 18.4 Å². The second kappa shape index (κ2) is 18.3. The molecule has 18 heteroatoms. The third-order valence-electron chi connectivity index (χ3n) is 10.6. The number of piperidine rings is 1. The number of alkyl halides is 3. The van der Waals surface area contributed by atoms with Gasteiger partial charge >= 0.3 is 6.18 Å². The maximum Gasteiger partial charge on any atom is 0.417 e. The third kappa shape index (κ3) is 9.96. The van der Waals surface area contributed by atoms with E-state index in [1.165, 1.54) is 6.07 Å². The number of nitriles is 1. The highest BCUT2D eigenvalue weighted by molar-refractivity contribution is 7.81. The fourth-order valence-corrected chi connectivity index (χ4v) is 8.00. The van der Waals surface area contributed by atoms with Gasteiger partial charge in [-0.3, -0.25) is 39.2 Å². The molecule has 6 rings (SSSR count). The normalized spacial score (nSPS) is 19.8. The number of ether oxygens (including phenoxy) is 1. The first-order valence-electron chi connectivity index (χ1n) is 19.0. The molecule has 0 bridgehead atoms. The number of carbonyl (C=O) groups is 4. The number of halogens is 4. The zero-order valence-corrected chi connectivity index (χ0v) is 34.7. The Bertz CT molecular complexity index is 2170. The average molecular weight is 855 g/mol. The number of amides is 4. The molecule has 0 aliphatic carbocycles. The molecule has 3 N–H and O–H groups in total. The molecule has 3 aromatic carbocycles. The highest BCUT2D eigenvalue weighted by Crippen LogP contribution is 2.40. The molecule has 2 atom stereocenters. The van der Waals surface area contributed by atoms with Gasteiger partial charge in [-0.25, -0.2) is 0 Å². The lowest BCUT2D eigenvalue weighted by molar-refractivity contribution is -0.138. The fourth-order valence-electron chi connectivity index (χ4n) is 7.48. The minimum atomic E-state index is -4.80. The summed E-state index contributed by atoms with van der Waals surface area (Å²) in [5.41, 5.74) is -0.279. The van der Waals surface area contributed by atoms with Gasteiger partial charge in [0.15, 0.2) is 5.11 Å². The molecule has 3 aromatic rings. The van der Waals surface area contributed by atoms with Gasteiger partial charge in [0.1, 0.15) is 23.9 Å². The molecule has 0 aromatic heterocycles. The summed E-state index contributed by atoms with van der Waals surface area (Å²) >= 11 is 5.71. The monoisotopic (exact) mass is 854 g/mol. The Labute approximate surface area is 352 Å². The summed E-state index contributed by atoms with van der Waals surface area (Å²) in [6.07, 6.45) is -3.53. The van der Waals surface area contributed by atoms with Crippen LogP contribution in [0.3, 0.4) is 0 Å². The van der Waals surface area contributed by atoms with E-state index in [2.05, 4.69) is 32.7 Å². The lowest BCUT2D eigenvalue weighted by Gasteiger charge is -2.39. The Morgan fingerprint density at radius 1 is 1.05 bits per heavy atom. The van der Waals surface area contributed by atoms with Gasteiger partial charge in [-0.15, -0.1) is 12.4 Å². The quantitative estimate of drug-likeness (QED) is 0.152. The molecule has 3 fully saturated rings. The number of nitrogens with one attached hydrogen (secondary N) is 3. The van der Waals surface area contributed by atoms with Crippen LogP contribution >= 0.6 is 24.6 Å². The van der Waals surface area contributed by atoms with E-state index in [4.69, 9.17) is 17.0 Å². The van der Waals surface area contributed by atoms with Gasteiger partial charge in [-0.05, 0) is 106 Å². The van der Waals surface area contributed by atoms with E-state index in [0.29, 0.717) is 55.3 Å². The zero-order chi connectivity index (χ0) is 41.9. The first-order valence-corrected chi connectivity index (χ1v) is 19.4.